The van der Waals surface area contributed by atoms with Crippen molar-refractivity contribution in [2.75, 3.05) is 13.2 Å². The normalized spacial score (nSPS) is 30.9. The maximum absolute atomic E-state index is 13.5. The van der Waals surface area contributed by atoms with E-state index >= 15 is 0 Å². The molecule has 1 aromatic rings. The summed E-state index contributed by atoms with van der Waals surface area (Å²) < 4.78 is 18.8. The first kappa shape index (κ1) is 18.5. The first-order chi connectivity index (χ1) is 13.0. The average Bonchev–Trinajstić information content (AvgIpc) is 2.60. The van der Waals surface area contributed by atoms with Gasteiger partial charge in [0.2, 0.25) is 0 Å². The number of ether oxygens (including phenoxy) is 1. The van der Waals surface area contributed by atoms with Gasteiger partial charge in [-0.25, -0.2) is 4.39 Å². The van der Waals surface area contributed by atoms with E-state index in [-0.39, 0.29) is 29.7 Å². The molecule has 0 saturated heterocycles. The van der Waals surface area contributed by atoms with Crippen molar-refractivity contribution in [3.63, 3.8) is 0 Å². The SMILES string of the molecule is O=C(COC(=O)CC12CC3CC(CC(C3)C1)C2)NCCc1ccccc1F. The molecule has 1 amide bonds. The Hall–Kier alpha value is -1.91. The van der Waals surface area contributed by atoms with Gasteiger partial charge in [-0.15, -0.1) is 0 Å². The Morgan fingerprint density at radius 3 is 2.33 bits per heavy atom. The molecule has 0 heterocycles. The number of halogens is 1. The summed E-state index contributed by atoms with van der Waals surface area (Å²) in [4.78, 5) is 24.2. The van der Waals surface area contributed by atoms with E-state index in [0.29, 0.717) is 24.9 Å². The molecule has 0 atom stereocenters. The fraction of sp³-hybridized carbons (Fsp3) is 0.636. The fourth-order valence-electron chi connectivity index (χ4n) is 6.10. The zero-order valence-electron chi connectivity index (χ0n) is 15.7. The molecule has 4 aliphatic carbocycles. The summed E-state index contributed by atoms with van der Waals surface area (Å²) in [7, 11) is 0. The van der Waals surface area contributed by atoms with Crippen molar-refractivity contribution in [2.45, 2.75) is 51.4 Å². The van der Waals surface area contributed by atoms with E-state index in [9.17, 15) is 14.0 Å². The molecule has 4 aliphatic rings. The number of rotatable bonds is 7. The lowest BCUT2D eigenvalue weighted by Gasteiger charge is -2.56. The van der Waals surface area contributed by atoms with Gasteiger partial charge < -0.3 is 10.1 Å². The molecule has 4 bridgehead atoms. The van der Waals surface area contributed by atoms with Crippen LogP contribution in [0, 0.1) is 29.0 Å². The van der Waals surface area contributed by atoms with E-state index in [1.807, 2.05) is 0 Å². The summed E-state index contributed by atoms with van der Waals surface area (Å²) in [6.45, 7) is 0.0781. The first-order valence-corrected chi connectivity index (χ1v) is 10.2. The predicted octanol–water partition coefficient (Wildman–Crippen LogP) is 3.63. The van der Waals surface area contributed by atoms with Crippen LogP contribution in [0.3, 0.4) is 0 Å². The number of carbonyl (C=O) groups excluding carboxylic acids is 2. The van der Waals surface area contributed by atoms with Crippen molar-refractivity contribution in [2.24, 2.45) is 23.2 Å². The molecule has 5 heteroatoms. The van der Waals surface area contributed by atoms with Gasteiger partial charge in [0.05, 0.1) is 6.42 Å². The maximum atomic E-state index is 13.5. The zero-order valence-corrected chi connectivity index (χ0v) is 15.7. The minimum Gasteiger partial charge on any atom is -0.456 e. The number of benzene rings is 1. The second-order valence-electron chi connectivity index (χ2n) is 8.95. The average molecular weight is 373 g/mol. The summed E-state index contributed by atoms with van der Waals surface area (Å²) in [5.74, 6) is 1.54. The zero-order chi connectivity index (χ0) is 18.9. The summed E-state index contributed by atoms with van der Waals surface area (Å²) in [5.41, 5.74) is 0.698. The lowest BCUT2D eigenvalue weighted by atomic mass is 9.49. The topological polar surface area (TPSA) is 55.4 Å². The quantitative estimate of drug-likeness (QED) is 0.743. The molecule has 4 nitrogen and oxygen atoms in total. The van der Waals surface area contributed by atoms with Crippen LogP contribution in [0.5, 0.6) is 0 Å². The third kappa shape index (κ3) is 4.33. The molecule has 0 spiro atoms. The minimum absolute atomic E-state index is 0.132. The van der Waals surface area contributed by atoms with Gasteiger partial charge in [0, 0.05) is 6.54 Å². The summed E-state index contributed by atoms with van der Waals surface area (Å²) in [6, 6.07) is 6.52. The van der Waals surface area contributed by atoms with Gasteiger partial charge in [-0.05, 0) is 79.7 Å². The highest BCUT2D eigenvalue weighted by atomic mass is 19.1. The number of esters is 1. The lowest BCUT2D eigenvalue weighted by molar-refractivity contribution is -0.155. The second-order valence-corrected chi connectivity index (χ2v) is 8.95. The first-order valence-electron chi connectivity index (χ1n) is 10.2. The van der Waals surface area contributed by atoms with E-state index < -0.39 is 0 Å². The number of amides is 1. The van der Waals surface area contributed by atoms with E-state index in [1.165, 1.54) is 25.3 Å². The summed E-state index contributed by atoms with van der Waals surface area (Å²) >= 11 is 0. The molecule has 1 N–H and O–H groups in total. The van der Waals surface area contributed by atoms with Crippen LogP contribution in [0.4, 0.5) is 4.39 Å². The van der Waals surface area contributed by atoms with Gasteiger partial charge in [-0.1, -0.05) is 18.2 Å². The minimum atomic E-state index is -0.329. The summed E-state index contributed by atoms with van der Waals surface area (Å²) in [6.07, 6.45) is 8.38. The highest BCUT2D eigenvalue weighted by molar-refractivity contribution is 5.80. The Bertz CT molecular complexity index is 682. The van der Waals surface area contributed by atoms with Crippen LogP contribution in [0.25, 0.3) is 0 Å². The monoisotopic (exact) mass is 373 g/mol. The van der Waals surface area contributed by atoms with E-state index in [4.69, 9.17) is 4.74 Å². The Morgan fingerprint density at radius 2 is 1.70 bits per heavy atom. The molecule has 0 radical (unpaired) electrons. The Morgan fingerprint density at radius 1 is 1.07 bits per heavy atom. The van der Waals surface area contributed by atoms with Gasteiger partial charge in [0.25, 0.3) is 5.91 Å². The third-order valence-corrected chi connectivity index (χ3v) is 6.72. The molecule has 0 aliphatic heterocycles. The van der Waals surface area contributed by atoms with Crippen molar-refractivity contribution in [1.82, 2.24) is 5.32 Å². The van der Waals surface area contributed by atoms with E-state index in [1.54, 1.807) is 18.2 Å². The molecular formula is C22H28FNO3. The molecule has 1 aromatic carbocycles. The molecule has 0 unspecified atom stereocenters. The molecule has 27 heavy (non-hydrogen) atoms. The standard InChI is InChI=1S/C22H28FNO3/c23-19-4-2-1-3-18(19)5-6-24-20(25)14-27-21(26)13-22-10-15-7-16(11-22)9-17(8-15)12-22/h1-4,15-17H,5-14H2,(H,24,25). The van der Waals surface area contributed by atoms with Crippen LogP contribution in [-0.2, 0) is 20.7 Å². The molecule has 4 saturated carbocycles. The van der Waals surface area contributed by atoms with Crippen LogP contribution in [0.1, 0.15) is 50.5 Å². The van der Waals surface area contributed by atoms with Gasteiger partial charge in [0.1, 0.15) is 5.82 Å². The smallest absolute Gasteiger partial charge is 0.306 e. The predicted molar refractivity (Wildman–Crippen MR) is 99.3 cm³/mol. The van der Waals surface area contributed by atoms with Gasteiger partial charge in [-0.3, -0.25) is 9.59 Å². The van der Waals surface area contributed by atoms with E-state index in [0.717, 1.165) is 37.0 Å². The summed E-state index contributed by atoms with van der Waals surface area (Å²) in [5, 5.41) is 2.69. The Kier molecular flexibility index (Phi) is 5.20. The molecule has 146 valence electrons. The fourth-order valence-corrected chi connectivity index (χ4v) is 6.10. The highest BCUT2D eigenvalue weighted by Gasteiger charge is 2.51. The largest absolute Gasteiger partial charge is 0.456 e. The highest BCUT2D eigenvalue weighted by Crippen LogP contribution is 2.61. The molecule has 5 rings (SSSR count). The second kappa shape index (κ2) is 7.61. The van der Waals surface area contributed by atoms with Crippen molar-refractivity contribution in [3.05, 3.63) is 35.6 Å². The van der Waals surface area contributed by atoms with Crippen molar-refractivity contribution in [3.8, 4) is 0 Å². The molecule has 4 fully saturated rings. The van der Waals surface area contributed by atoms with Crippen molar-refractivity contribution < 1.29 is 18.7 Å². The molecular weight excluding hydrogens is 345 g/mol. The van der Waals surface area contributed by atoms with Crippen LogP contribution < -0.4 is 5.32 Å². The van der Waals surface area contributed by atoms with Crippen LogP contribution in [0.2, 0.25) is 0 Å². The Labute approximate surface area is 159 Å². The number of carbonyl (C=O) groups is 2. The number of hydrogen-bond acceptors (Lipinski definition) is 3. The third-order valence-electron chi connectivity index (χ3n) is 6.72. The van der Waals surface area contributed by atoms with Gasteiger partial charge in [-0.2, -0.15) is 0 Å². The van der Waals surface area contributed by atoms with Crippen LogP contribution >= 0.6 is 0 Å². The maximum Gasteiger partial charge on any atom is 0.306 e. The van der Waals surface area contributed by atoms with Crippen LogP contribution in [-0.4, -0.2) is 25.0 Å². The van der Waals surface area contributed by atoms with Gasteiger partial charge >= 0.3 is 5.97 Å². The lowest BCUT2D eigenvalue weighted by Crippen LogP contribution is -2.47. The number of nitrogens with one attached hydrogen (secondary N) is 1. The number of hydrogen-bond donors (Lipinski definition) is 1. The van der Waals surface area contributed by atoms with Gasteiger partial charge in [0.15, 0.2) is 6.61 Å². The van der Waals surface area contributed by atoms with E-state index in [2.05, 4.69) is 5.32 Å². The Balaban J connectivity index is 1.18. The van der Waals surface area contributed by atoms with Crippen molar-refractivity contribution in [1.29, 1.82) is 0 Å². The molecule has 0 aromatic heterocycles. The van der Waals surface area contributed by atoms with Crippen molar-refractivity contribution >= 4 is 11.9 Å². The van der Waals surface area contributed by atoms with Crippen LogP contribution in [0.15, 0.2) is 24.3 Å².